The molecule has 0 amide bonds. The van der Waals surface area contributed by atoms with Crippen molar-refractivity contribution in [2.45, 2.75) is 33.2 Å². The Balaban J connectivity index is 2.49. The molecule has 0 bridgehead atoms. The quantitative estimate of drug-likeness (QED) is 0.589. The third kappa shape index (κ3) is 1.60. The molecule has 0 aromatic carbocycles. The van der Waals surface area contributed by atoms with E-state index in [1.165, 1.54) is 6.42 Å². The number of halogens is 1. The fraction of sp³-hybridized carbons (Fsp3) is 0.600. The third-order valence-corrected chi connectivity index (χ3v) is 3.48. The van der Waals surface area contributed by atoms with Crippen LogP contribution in [0.5, 0.6) is 0 Å². The molecule has 14 heavy (non-hydrogen) atoms. The largest absolute Gasteiger partial charge is 0.294 e. The molecule has 1 aromatic heterocycles. The molecule has 0 spiro atoms. The van der Waals surface area contributed by atoms with E-state index in [1.54, 1.807) is 6.92 Å². The molecule has 0 saturated heterocycles. The van der Waals surface area contributed by atoms with Crippen LogP contribution in [-0.2, 0) is 13.0 Å². The summed E-state index contributed by atoms with van der Waals surface area (Å²) in [6.07, 6.45) is 2.16. The highest BCUT2D eigenvalue weighted by atomic mass is 127. The van der Waals surface area contributed by atoms with Gasteiger partial charge in [0.1, 0.15) is 3.70 Å². The van der Waals surface area contributed by atoms with Crippen LogP contribution < -0.4 is 0 Å². The predicted octanol–water partition coefficient (Wildman–Crippen LogP) is 2.27. The highest BCUT2D eigenvalue weighted by Gasteiger charge is 2.24. The van der Waals surface area contributed by atoms with Crippen LogP contribution in [0.1, 0.15) is 36.3 Å². The van der Waals surface area contributed by atoms with E-state index in [9.17, 15) is 4.79 Å². The van der Waals surface area contributed by atoms with Gasteiger partial charge in [0.2, 0.25) is 0 Å². The molecule has 0 radical (unpaired) electrons. The van der Waals surface area contributed by atoms with E-state index in [0.717, 1.165) is 27.9 Å². The molecule has 1 unspecified atom stereocenters. The molecule has 2 heterocycles. The van der Waals surface area contributed by atoms with Gasteiger partial charge in [-0.2, -0.15) is 5.10 Å². The molecule has 1 aliphatic heterocycles. The summed E-state index contributed by atoms with van der Waals surface area (Å²) in [7, 11) is 0. The Bertz CT molecular complexity index is 384. The van der Waals surface area contributed by atoms with E-state index in [2.05, 4.69) is 34.6 Å². The maximum absolute atomic E-state index is 11.4. The van der Waals surface area contributed by atoms with E-state index < -0.39 is 0 Å². The Labute approximate surface area is 97.0 Å². The summed E-state index contributed by atoms with van der Waals surface area (Å²) in [4.78, 5) is 11.4. The van der Waals surface area contributed by atoms with E-state index >= 15 is 0 Å². The lowest BCUT2D eigenvalue weighted by atomic mass is 9.98. The summed E-state index contributed by atoms with van der Waals surface area (Å²) < 4.78 is 2.87. The van der Waals surface area contributed by atoms with Gasteiger partial charge in [0.05, 0.1) is 11.3 Å². The number of carbonyl (C=O) groups is 1. The van der Waals surface area contributed by atoms with Crippen LogP contribution in [0.3, 0.4) is 0 Å². The summed E-state index contributed by atoms with van der Waals surface area (Å²) in [5, 5.41) is 4.41. The van der Waals surface area contributed by atoms with E-state index in [1.807, 2.05) is 4.68 Å². The van der Waals surface area contributed by atoms with E-state index in [4.69, 9.17) is 0 Å². The molecular formula is C10H13IN2O. The molecule has 1 atom stereocenters. The maximum Gasteiger partial charge on any atom is 0.164 e. The number of ketones is 1. The molecule has 0 aliphatic carbocycles. The van der Waals surface area contributed by atoms with Crippen molar-refractivity contribution in [3.8, 4) is 0 Å². The topological polar surface area (TPSA) is 34.9 Å². The Morgan fingerprint density at radius 3 is 3.00 bits per heavy atom. The molecule has 76 valence electrons. The van der Waals surface area contributed by atoms with Crippen LogP contribution in [0.15, 0.2) is 0 Å². The maximum atomic E-state index is 11.4. The van der Waals surface area contributed by atoms with Crippen LogP contribution in [0.4, 0.5) is 0 Å². The predicted molar refractivity (Wildman–Crippen MR) is 62.4 cm³/mol. The first kappa shape index (κ1) is 10.1. The average Bonchev–Trinajstić information content (AvgIpc) is 2.39. The third-order valence-electron chi connectivity index (χ3n) is 2.73. The minimum absolute atomic E-state index is 0.144. The fourth-order valence-electron chi connectivity index (χ4n) is 1.99. The molecule has 4 heteroatoms. The lowest BCUT2D eigenvalue weighted by Gasteiger charge is -2.20. The standard InChI is InChI=1S/C10H13IN2O/c1-6-3-4-8-9(7(2)14)10(11)12-13(8)5-6/h6H,3-5H2,1-2H3. The molecule has 0 N–H and O–H groups in total. The highest BCUT2D eigenvalue weighted by molar-refractivity contribution is 14.1. The van der Waals surface area contributed by atoms with Crippen LogP contribution in [0, 0.1) is 9.62 Å². The number of Topliss-reactive ketones (excluding diaryl/α,β-unsaturated/α-hetero) is 1. The zero-order valence-corrected chi connectivity index (χ0v) is 10.5. The zero-order chi connectivity index (χ0) is 10.3. The first-order valence-corrected chi connectivity index (χ1v) is 5.93. The molecular weight excluding hydrogens is 291 g/mol. The normalized spacial score (nSPS) is 20.6. The lowest BCUT2D eigenvalue weighted by Crippen LogP contribution is -2.19. The second-order valence-electron chi connectivity index (χ2n) is 3.99. The van der Waals surface area contributed by atoms with Gasteiger partial charge in [-0.3, -0.25) is 9.48 Å². The van der Waals surface area contributed by atoms with Crippen LogP contribution in [-0.4, -0.2) is 15.6 Å². The lowest BCUT2D eigenvalue weighted by molar-refractivity contribution is 0.101. The van der Waals surface area contributed by atoms with Gasteiger partial charge in [0, 0.05) is 6.54 Å². The van der Waals surface area contributed by atoms with Gasteiger partial charge in [-0.15, -0.1) is 0 Å². The SMILES string of the molecule is CC(=O)c1c(I)nn2c1CCC(C)C2. The van der Waals surface area contributed by atoms with Gasteiger partial charge in [0.15, 0.2) is 5.78 Å². The number of hydrogen-bond donors (Lipinski definition) is 0. The summed E-state index contributed by atoms with van der Waals surface area (Å²) in [6, 6.07) is 0. The Morgan fingerprint density at radius 2 is 2.36 bits per heavy atom. The van der Waals surface area contributed by atoms with Gasteiger partial charge in [-0.05, 0) is 48.3 Å². The average molecular weight is 304 g/mol. The van der Waals surface area contributed by atoms with Crippen molar-refractivity contribution in [1.29, 1.82) is 0 Å². The number of aromatic nitrogens is 2. The minimum Gasteiger partial charge on any atom is -0.294 e. The van der Waals surface area contributed by atoms with Crippen molar-refractivity contribution in [2.75, 3.05) is 0 Å². The number of nitrogens with zero attached hydrogens (tertiary/aromatic N) is 2. The van der Waals surface area contributed by atoms with Crippen molar-refractivity contribution in [3.05, 3.63) is 15.0 Å². The van der Waals surface area contributed by atoms with Crippen LogP contribution >= 0.6 is 22.6 Å². The number of carbonyl (C=O) groups excluding carboxylic acids is 1. The second kappa shape index (κ2) is 3.64. The summed E-state index contributed by atoms with van der Waals surface area (Å²) in [5.74, 6) is 0.822. The van der Waals surface area contributed by atoms with E-state index in [-0.39, 0.29) is 5.78 Å². The van der Waals surface area contributed by atoms with Crippen molar-refractivity contribution in [1.82, 2.24) is 9.78 Å². The molecule has 3 nitrogen and oxygen atoms in total. The van der Waals surface area contributed by atoms with Crippen molar-refractivity contribution >= 4 is 28.4 Å². The van der Waals surface area contributed by atoms with Gasteiger partial charge >= 0.3 is 0 Å². The monoisotopic (exact) mass is 304 g/mol. The first-order valence-electron chi connectivity index (χ1n) is 4.85. The van der Waals surface area contributed by atoms with Crippen molar-refractivity contribution in [2.24, 2.45) is 5.92 Å². The van der Waals surface area contributed by atoms with Crippen LogP contribution in [0.25, 0.3) is 0 Å². The summed E-state index contributed by atoms with van der Waals surface area (Å²) in [5.41, 5.74) is 1.98. The number of hydrogen-bond acceptors (Lipinski definition) is 2. The highest BCUT2D eigenvalue weighted by Crippen LogP contribution is 2.25. The molecule has 1 aliphatic rings. The Hall–Kier alpha value is -0.390. The molecule has 1 aromatic rings. The van der Waals surface area contributed by atoms with Crippen molar-refractivity contribution < 1.29 is 4.79 Å². The smallest absolute Gasteiger partial charge is 0.164 e. The van der Waals surface area contributed by atoms with E-state index in [0.29, 0.717) is 5.92 Å². The van der Waals surface area contributed by atoms with Crippen molar-refractivity contribution in [3.63, 3.8) is 0 Å². The molecule has 0 saturated carbocycles. The minimum atomic E-state index is 0.144. The van der Waals surface area contributed by atoms with Gasteiger partial charge in [0.25, 0.3) is 0 Å². The molecule has 0 fully saturated rings. The number of rotatable bonds is 1. The fourth-order valence-corrected chi connectivity index (χ4v) is 2.94. The first-order chi connectivity index (χ1) is 6.59. The van der Waals surface area contributed by atoms with Gasteiger partial charge in [-0.25, -0.2) is 0 Å². The second-order valence-corrected chi connectivity index (χ2v) is 5.02. The Kier molecular flexibility index (Phi) is 2.64. The summed E-state index contributed by atoms with van der Waals surface area (Å²) in [6.45, 7) is 4.81. The van der Waals surface area contributed by atoms with Crippen LogP contribution in [0.2, 0.25) is 0 Å². The zero-order valence-electron chi connectivity index (χ0n) is 8.38. The molecule has 2 rings (SSSR count). The van der Waals surface area contributed by atoms with Gasteiger partial charge in [-0.1, -0.05) is 6.92 Å². The van der Waals surface area contributed by atoms with Gasteiger partial charge < -0.3 is 0 Å². The summed E-state index contributed by atoms with van der Waals surface area (Å²) >= 11 is 2.15. The Morgan fingerprint density at radius 1 is 1.64 bits per heavy atom. The number of fused-ring (bicyclic) bond motifs is 1.